The van der Waals surface area contributed by atoms with Gasteiger partial charge in [-0.3, -0.25) is 4.40 Å². The highest BCUT2D eigenvalue weighted by molar-refractivity contribution is 7.15. The average molecular weight is 321 g/mol. The van der Waals surface area contributed by atoms with Crippen molar-refractivity contribution in [3.05, 3.63) is 27.5 Å². The van der Waals surface area contributed by atoms with Gasteiger partial charge in [-0.25, -0.2) is 4.98 Å². The van der Waals surface area contributed by atoms with Crippen LogP contribution < -0.4 is 5.32 Å². The fourth-order valence-electron chi connectivity index (χ4n) is 2.29. The Balaban J connectivity index is 1.75. The molecule has 7 heteroatoms. The van der Waals surface area contributed by atoms with Gasteiger partial charge in [-0.2, -0.15) is 0 Å². The first-order valence-corrected chi connectivity index (χ1v) is 8.72. The number of nitrogens with zero attached hydrogens (tertiary/aromatic N) is 4. The minimum atomic E-state index is 0.607. The van der Waals surface area contributed by atoms with Crippen LogP contribution in [0.5, 0.6) is 0 Å². The van der Waals surface area contributed by atoms with Crippen molar-refractivity contribution in [2.75, 3.05) is 5.32 Å². The number of hydrogen-bond acceptors (Lipinski definition) is 6. The summed E-state index contributed by atoms with van der Waals surface area (Å²) in [5, 5.41) is 15.9. The van der Waals surface area contributed by atoms with Gasteiger partial charge in [-0.1, -0.05) is 25.2 Å². The third-order valence-corrected chi connectivity index (χ3v) is 5.13. The van der Waals surface area contributed by atoms with Crippen LogP contribution >= 0.6 is 22.7 Å². The zero-order chi connectivity index (χ0) is 15.0. The fraction of sp³-hybridized carbons (Fsp3) is 0.500. The Hall–Kier alpha value is -1.47. The molecule has 0 radical (unpaired) electrons. The van der Waals surface area contributed by atoms with E-state index in [2.05, 4.69) is 58.0 Å². The van der Waals surface area contributed by atoms with E-state index in [4.69, 9.17) is 0 Å². The molecule has 0 spiro atoms. The quantitative estimate of drug-likeness (QED) is 0.779. The topological polar surface area (TPSA) is 55.1 Å². The summed E-state index contributed by atoms with van der Waals surface area (Å²) in [5.41, 5.74) is 3.50. The molecule has 0 unspecified atom stereocenters. The molecule has 0 aliphatic carbocycles. The van der Waals surface area contributed by atoms with Crippen LogP contribution in [-0.2, 0) is 13.0 Å². The molecule has 0 saturated heterocycles. The maximum atomic E-state index is 4.60. The van der Waals surface area contributed by atoms with E-state index in [9.17, 15) is 0 Å². The number of fused-ring (bicyclic) bond motifs is 1. The van der Waals surface area contributed by atoms with Gasteiger partial charge in [-0.05, 0) is 19.8 Å². The zero-order valence-corrected chi connectivity index (χ0v) is 14.3. The molecule has 0 atom stereocenters. The smallest absolute Gasteiger partial charge is 0.205 e. The summed E-state index contributed by atoms with van der Waals surface area (Å²) in [6.07, 6.45) is 0.985. The Kier molecular flexibility index (Phi) is 3.95. The fourth-order valence-corrected chi connectivity index (χ4v) is 4.17. The van der Waals surface area contributed by atoms with Gasteiger partial charge in [0.05, 0.1) is 17.9 Å². The third kappa shape index (κ3) is 2.94. The monoisotopic (exact) mass is 321 g/mol. The lowest BCUT2D eigenvalue weighted by atomic mass is 10.1. The standard InChI is InChI=1S/C14H19N5S2/c1-8(2)5-12-17-18-13(21-12)15-6-11-10(4)16-14-19(11)9(3)7-20-14/h7-8H,5-6H2,1-4H3,(H,15,18). The minimum Gasteiger partial charge on any atom is -0.354 e. The van der Waals surface area contributed by atoms with E-state index in [0.717, 1.165) is 33.8 Å². The summed E-state index contributed by atoms with van der Waals surface area (Å²) in [6, 6.07) is 0. The predicted octanol–water partition coefficient (Wildman–Crippen LogP) is 3.67. The maximum Gasteiger partial charge on any atom is 0.205 e. The van der Waals surface area contributed by atoms with Crippen LogP contribution in [0.4, 0.5) is 5.13 Å². The van der Waals surface area contributed by atoms with Crippen LogP contribution in [0.2, 0.25) is 0 Å². The van der Waals surface area contributed by atoms with Crippen LogP contribution in [0.1, 0.15) is 35.9 Å². The lowest BCUT2D eigenvalue weighted by Gasteiger charge is -2.04. The van der Waals surface area contributed by atoms with Crippen LogP contribution in [-0.4, -0.2) is 19.6 Å². The zero-order valence-electron chi connectivity index (χ0n) is 12.7. The molecule has 0 bridgehead atoms. The Morgan fingerprint density at radius 2 is 2.10 bits per heavy atom. The van der Waals surface area contributed by atoms with Gasteiger partial charge in [-0.15, -0.1) is 21.5 Å². The highest BCUT2D eigenvalue weighted by Gasteiger charge is 2.13. The van der Waals surface area contributed by atoms with E-state index >= 15 is 0 Å². The summed E-state index contributed by atoms with van der Waals surface area (Å²) in [4.78, 5) is 5.65. The van der Waals surface area contributed by atoms with Gasteiger partial charge in [0.15, 0.2) is 4.96 Å². The highest BCUT2D eigenvalue weighted by atomic mass is 32.1. The molecule has 3 heterocycles. The van der Waals surface area contributed by atoms with Crippen LogP contribution in [0.15, 0.2) is 5.38 Å². The molecular weight excluding hydrogens is 302 g/mol. The molecule has 3 aromatic rings. The number of hydrogen-bond donors (Lipinski definition) is 1. The first-order valence-electron chi connectivity index (χ1n) is 7.03. The lowest BCUT2D eigenvalue weighted by molar-refractivity contribution is 0.640. The molecule has 3 rings (SSSR count). The van der Waals surface area contributed by atoms with Gasteiger partial charge < -0.3 is 5.32 Å². The average Bonchev–Trinajstić information content (AvgIpc) is 3.06. The van der Waals surface area contributed by atoms with E-state index in [-0.39, 0.29) is 0 Å². The van der Waals surface area contributed by atoms with Crippen molar-refractivity contribution < 1.29 is 0 Å². The highest BCUT2D eigenvalue weighted by Crippen LogP contribution is 2.23. The van der Waals surface area contributed by atoms with Crippen LogP contribution in [0, 0.1) is 19.8 Å². The second kappa shape index (κ2) is 5.73. The second-order valence-corrected chi connectivity index (χ2v) is 7.49. The van der Waals surface area contributed by atoms with E-state index in [0.29, 0.717) is 5.92 Å². The van der Waals surface area contributed by atoms with E-state index in [1.54, 1.807) is 22.7 Å². The molecule has 0 fully saturated rings. The molecule has 0 aliphatic rings. The number of aryl methyl sites for hydroxylation is 2. The number of nitrogens with one attached hydrogen (secondary N) is 1. The Bertz CT molecular complexity index is 753. The van der Waals surface area contributed by atoms with Crippen LogP contribution in [0.25, 0.3) is 4.96 Å². The molecule has 112 valence electrons. The van der Waals surface area contributed by atoms with E-state index in [1.165, 1.54) is 11.4 Å². The molecule has 21 heavy (non-hydrogen) atoms. The minimum absolute atomic E-state index is 0.607. The Morgan fingerprint density at radius 1 is 1.29 bits per heavy atom. The molecule has 0 saturated carbocycles. The third-order valence-electron chi connectivity index (χ3n) is 3.29. The molecule has 5 nitrogen and oxygen atoms in total. The molecule has 0 amide bonds. The number of rotatable bonds is 5. The number of anilines is 1. The number of thiazole rings is 1. The SMILES string of the molecule is Cc1nc2scc(C)n2c1CNc1nnc(CC(C)C)s1. The van der Waals surface area contributed by atoms with Crippen molar-refractivity contribution >= 4 is 32.8 Å². The first kappa shape index (κ1) is 14.5. The normalized spacial score (nSPS) is 11.7. The van der Waals surface area contributed by atoms with Crippen molar-refractivity contribution in [1.82, 2.24) is 19.6 Å². The Labute approximate surface area is 132 Å². The Morgan fingerprint density at radius 3 is 2.86 bits per heavy atom. The molecule has 3 aromatic heterocycles. The summed E-state index contributed by atoms with van der Waals surface area (Å²) in [7, 11) is 0. The molecule has 0 aromatic carbocycles. The predicted molar refractivity (Wildman–Crippen MR) is 88.3 cm³/mol. The summed E-state index contributed by atoms with van der Waals surface area (Å²) in [5.74, 6) is 0.607. The second-order valence-electron chi connectivity index (χ2n) is 5.59. The van der Waals surface area contributed by atoms with Crippen molar-refractivity contribution in [3.8, 4) is 0 Å². The van der Waals surface area contributed by atoms with Gasteiger partial charge in [0.25, 0.3) is 0 Å². The van der Waals surface area contributed by atoms with E-state index in [1.807, 2.05) is 0 Å². The van der Waals surface area contributed by atoms with Crippen molar-refractivity contribution in [2.24, 2.45) is 5.92 Å². The molecular formula is C14H19N5S2. The first-order chi connectivity index (χ1) is 10.0. The maximum absolute atomic E-state index is 4.60. The molecule has 1 N–H and O–H groups in total. The van der Waals surface area contributed by atoms with Gasteiger partial charge in [0.2, 0.25) is 5.13 Å². The lowest BCUT2D eigenvalue weighted by Crippen LogP contribution is -2.04. The summed E-state index contributed by atoms with van der Waals surface area (Å²) in [6.45, 7) is 9.28. The number of aromatic nitrogens is 4. The number of imidazole rings is 1. The van der Waals surface area contributed by atoms with E-state index < -0.39 is 0 Å². The summed E-state index contributed by atoms with van der Waals surface area (Å²) >= 11 is 3.32. The van der Waals surface area contributed by atoms with Crippen molar-refractivity contribution in [2.45, 2.75) is 40.7 Å². The van der Waals surface area contributed by atoms with Gasteiger partial charge in [0.1, 0.15) is 5.01 Å². The van der Waals surface area contributed by atoms with Gasteiger partial charge in [0, 0.05) is 17.5 Å². The molecule has 0 aliphatic heterocycles. The van der Waals surface area contributed by atoms with Crippen molar-refractivity contribution in [1.29, 1.82) is 0 Å². The summed E-state index contributed by atoms with van der Waals surface area (Å²) < 4.78 is 2.21. The van der Waals surface area contributed by atoms with Gasteiger partial charge >= 0.3 is 0 Å². The largest absolute Gasteiger partial charge is 0.354 e. The van der Waals surface area contributed by atoms with Crippen molar-refractivity contribution in [3.63, 3.8) is 0 Å². The van der Waals surface area contributed by atoms with Crippen LogP contribution in [0.3, 0.4) is 0 Å².